The van der Waals surface area contributed by atoms with Gasteiger partial charge < -0.3 is 15.5 Å². The summed E-state index contributed by atoms with van der Waals surface area (Å²) in [7, 11) is 0. The number of carbonyl (C=O) groups excluding carboxylic acids is 2. The molecule has 2 amide bonds. The normalized spacial score (nSPS) is 30.0. The first kappa shape index (κ1) is 16.3. The minimum absolute atomic E-state index is 0.0539. The van der Waals surface area contributed by atoms with Crippen LogP contribution in [0.25, 0.3) is 0 Å². The van der Waals surface area contributed by atoms with Crippen LogP contribution in [0.3, 0.4) is 0 Å². The van der Waals surface area contributed by atoms with Gasteiger partial charge in [-0.2, -0.15) is 0 Å². The van der Waals surface area contributed by atoms with Gasteiger partial charge in [-0.05, 0) is 52.0 Å². The van der Waals surface area contributed by atoms with E-state index >= 15 is 0 Å². The van der Waals surface area contributed by atoms with Crippen LogP contribution in [0.5, 0.6) is 0 Å². The van der Waals surface area contributed by atoms with Crippen LogP contribution in [0.2, 0.25) is 0 Å². The number of nitrogens with zero attached hydrogens (tertiary/aromatic N) is 1. The van der Waals surface area contributed by atoms with Crippen LogP contribution < -0.4 is 10.6 Å². The first-order valence-corrected chi connectivity index (χ1v) is 8.45. The average Bonchev–Trinajstić information content (AvgIpc) is 2.47. The molecular weight excluding hydrogens is 266 g/mol. The highest BCUT2D eigenvalue weighted by molar-refractivity contribution is 5.88. The molecule has 0 bridgehead atoms. The topological polar surface area (TPSA) is 61.4 Å². The minimum Gasteiger partial charge on any atom is -0.351 e. The van der Waals surface area contributed by atoms with E-state index in [1.807, 2.05) is 11.8 Å². The molecule has 3 atom stereocenters. The van der Waals surface area contributed by atoms with E-state index in [1.54, 1.807) is 0 Å². The highest BCUT2D eigenvalue weighted by atomic mass is 16.2. The maximum absolute atomic E-state index is 12.6. The van der Waals surface area contributed by atoms with Crippen molar-refractivity contribution in [1.82, 2.24) is 15.5 Å². The van der Waals surface area contributed by atoms with Gasteiger partial charge in [0.2, 0.25) is 11.8 Å². The zero-order valence-electron chi connectivity index (χ0n) is 13.4. The van der Waals surface area contributed by atoms with Gasteiger partial charge in [0.05, 0.1) is 0 Å². The Balaban J connectivity index is 1.93. The SMILES string of the molecule is CCCC(=O)N1CCCCC1C(=O)NC1CCNC(C)C1. The molecule has 0 aromatic carbocycles. The number of nitrogens with one attached hydrogen (secondary N) is 2. The second-order valence-corrected chi connectivity index (χ2v) is 6.43. The van der Waals surface area contributed by atoms with Crippen molar-refractivity contribution >= 4 is 11.8 Å². The van der Waals surface area contributed by atoms with E-state index in [1.165, 1.54) is 0 Å². The molecule has 5 nitrogen and oxygen atoms in total. The predicted octanol–water partition coefficient (Wildman–Crippen LogP) is 1.42. The fourth-order valence-corrected chi connectivity index (χ4v) is 3.42. The van der Waals surface area contributed by atoms with Crippen molar-refractivity contribution in [3.05, 3.63) is 0 Å². The Bertz CT molecular complexity index is 373. The van der Waals surface area contributed by atoms with E-state index in [9.17, 15) is 9.59 Å². The summed E-state index contributed by atoms with van der Waals surface area (Å²) in [4.78, 5) is 26.6. The summed E-state index contributed by atoms with van der Waals surface area (Å²) >= 11 is 0. The third kappa shape index (κ3) is 4.43. The maximum atomic E-state index is 12.6. The third-order valence-corrected chi connectivity index (χ3v) is 4.56. The van der Waals surface area contributed by atoms with Gasteiger partial charge in [-0.15, -0.1) is 0 Å². The Kier molecular flexibility index (Phi) is 6.03. The molecule has 2 fully saturated rings. The lowest BCUT2D eigenvalue weighted by atomic mass is 9.97. The molecule has 2 aliphatic heterocycles. The highest BCUT2D eigenvalue weighted by Gasteiger charge is 2.33. The number of piperidine rings is 2. The number of carbonyl (C=O) groups is 2. The van der Waals surface area contributed by atoms with Crippen molar-refractivity contribution in [3.8, 4) is 0 Å². The molecular formula is C16H29N3O2. The van der Waals surface area contributed by atoms with Crippen LogP contribution in [-0.4, -0.2) is 47.9 Å². The molecule has 2 saturated heterocycles. The molecule has 120 valence electrons. The van der Waals surface area contributed by atoms with Gasteiger partial charge in [0, 0.05) is 25.0 Å². The van der Waals surface area contributed by atoms with Crippen LogP contribution in [-0.2, 0) is 9.59 Å². The largest absolute Gasteiger partial charge is 0.351 e. The number of hydrogen-bond donors (Lipinski definition) is 2. The van der Waals surface area contributed by atoms with E-state index in [-0.39, 0.29) is 23.9 Å². The minimum atomic E-state index is -0.247. The second-order valence-electron chi connectivity index (χ2n) is 6.43. The van der Waals surface area contributed by atoms with Gasteiger partial charge in [0.25, 0.3) is 0 Å². The number of amides is 2. The molecule has 0 radical (unpaired) electrons. The van der Waals surface area contributed by atoms with Crippen molar-refractivity contribution < 1.29 is 9.59 Å². The zero-order chi connectivity index (χ0) is 15.2. The third-order valence-electron chi connectivity index (χ3n) is 4.56. The van der Waals surface area contributed by atoms with E-state index in [0.717, 1.165) is 51.6 Å². The Morgan fingerprint density at radius 1 is 1.29 bits per heavy atom. The molecule has 0 saturated carbocycles. The van der Waals surface area contributed by atoms with Crippen molar-refractivity contribution in [2.45, 2.75) is 76.9 Å². The highest BCUT2D eigenvalue weighted by Crippen LogP contribution is 2.19. The summed E-state index contributed by atoms with van der Waals surface area (Å²) in [5, 5.41) is 6.57. The monoisotopic (exact) mass is 295 g/mol. The maximum Gasteiger partial charge on any atom is 0.243 e. The van der Waals surface area contributed by atoms with Crippen molar-refractivity contribution in [2.24, 2.45) is 0 Å². The van der Waals surface area contributed by atoms with Crippen molar-refractivity contribution in [2.75, 3.05) is 13.1 Å². The number of hydrogen-bond acceptors (Lipinski definition) is 3. The Morgan fingerprint density at radius 2 is 2.10 bits per heavy atom. The molecule has 0 aromatic rings. The molecule has 0 aliphatic carbocycles. The molecule has 0 aromatic heterocycles. The van der Waals surface area contributed by atoms with Gasteiger partial charge in [-0.3, -0.25) is 9.59 Å². The van der Waals surface area contributed by atoms with E-state index in [4.69, 9.17) is 0 Å². The van der Waals surface area contributed by atoms with E-state index < -0.39 is 0 Å². The smallest absolute Gasteiger partial charge is 0.243 e. The predicted molar refractivity (Wildman–Crippen MR) is 82.9 cm³/mol. The van der Waals surface area contributed by atoms with Gasteiger partial charge in [0.15, 0.2) is 0 Å². The van der Waals surface area contributed by atoms with Gasteiger partial charge >= 0.3 is 0 Å². The zero-order valence-corrected chi connectivity index (χ0v) is 13.4. The second kappa shape index (κ2) is 7.78. The van der Waals surface area contributed by atoms with Crippen molar-refractivity contribution in [1.29, 1.82) is 0 Å². The summed E-state index contributed by atoms with van der Waals surface area (Å²) in [6, 6.07) is 0.454. The van der Waals surface area contributed by atoms with Crippen LogP contribution >= 0.6 is 0 Å². The quantitative estimate of drug-likeness (QED) is 0.824. The Morgan fingerprint density at radius 3 is 2.81 bits per heavy atom. The standard InChI is InChI=1S/C16H29N3O2/c1-3-6-15(20)19-10-5-4-7-14(19)16(21)18-13-8-9-17-12(2)11-13/h12-14,17H,3-11H2,1-2H3,(H,18,21). The average molecular weight is 295 g/mol. The Hall–Kier alpha value is -1.10. The van der Waals surface area contributed by atoms with Gasteiger partial charge in [-0.25, -0.2) is 0 Å². The van der Waals surface area contributed by atoms with Gasteiger partial charge in [-0.1, -0.05) is 6.92 Å². The summed E-state index contributed by atoms with van der Waals surface area (Å²) < 4.78 is 0. The molecule has 0 spiro atoms. The van der Waals surface area contributed by atoms with Crippen LogP contribution in [0.1, 0.15) is 58.8 Å². The van der Waals surface area contributed by atoms with Crippen LogP contribution in [0, 0.1) is 0 Å². The molecule has 5 heteroatoms. The lowest BCUT2D eigenvalue weighted by molar-refractivity contribution is -0.142. The first-order valence-electron chi connectivity index (χ1n) is 8.45. The van der Waals surface area contributed by atoms with Gasteiger partial charge in [0.1, 0.15) is 6.04 Å². The van der Waals surface area contributed by atoms with Crippen molar-refractivity contribution in [3.63, 3.8) is 0 Å². The van der Waals surface area contributed by atoms with E-state index in [0.29, 0.717) is 12.5 Å². The molecule has 2 N–H and O–H groups in total. The molecule has 3 unspecified atom stereocenters. The summed E-state index contributed by atoms with van der Waals surface area (Å²) in [6.45, 7) is 5.85. The molecule has 2 rings (SSSR count). The molecule has 2 heterocycles. The Labute approximate surface area is 127 Å². The lowest BCUT2D eigenvalue weighted by Crippen LogP contribution is -2.55. The number of rotatable bonds is 4. The van der Waals surface area contributed by atoms with Crippen LogP contribution in [0.15, 0.2) is 0 Å². The molecule has 2 aliphatic rings. The fraction of sp³-hybridized carbons (Fsp3) is 0.875. The van der Waals surface area contributed by atoms with E-state index in [2.05, 4.69) is 17.6 Å². The summed E-state index contributed by atoms with van der Waals surface area (Å²) in [5.41, 5.74) is 0. The fourth-order valence-electron chi connectivity index (χ4n) is 3.42. The summed E-state index contributed by atoms with van der Waals surface area (Å²) in [5.74, 6) is 0.189. The van der Waals surface area contributed by atoms with Crippen LogP contribution in [0.4, 0.5) is 0 Å². The number of likely N-dealkylation sites (tertiary alicyclic amines) is 1. The molecule has 21 heavy (non-hydrogen) atoms. The summed E-state index contributed by atoms with van der Waals surface area (Å²) in [6.07, 6.45) is 6.21. The first-order chi connectivity index (χ1) is 10.1. The lowest BCUT2D eigenvalue weighted by Gasteiger charge is -2.37.